The van der Waals surface area contributed by atoms with E-state index in [-0.39, 0.29) is 28.8 Å². The van der Waals surface area contributed by atoms with E-state index in [9.17, 15) is 18.0 Å². The Morgan fingerprint density at radius 1 is 1.22 bits per heavy atom. The number of sulfonamides is 1. The summed E-state index contributed by atoms with van der Waals surface area (Å²) in [5, 5.41) is 8.94. The minimum absolute atomic E-state index is 0.0129. The lowest BCUT2D eigenvalue weighted by atomic mass is 10.1. The summed E-state index contributed by atoms with van der Waals surface area (Å²) in [4.78, 5) is 28.1. The highest BCUT2D eigenvalue weighted by atomic mass is 32.2. The van der Waals surface area contributed by atoms with E-state index in [4.69, 9.17) is 5.26 Å². The molecule has 27 heavy (non-hydrogen) atoms. The molecule has 1 aromatic rings. The number of carbonyl (C=O) groups is 2. The predicted molar refractivity (Wildman–Crippen MR) is 96.9 cm³/mol. The number of piperidine rings is 1. The fraction of sp³-hybridized carbons (Fsp3) is 0.500. The van der Waals surface area contributed by atoms with Crippen molar-refractivity contribution in [3.63, 3.8) is 0 Å². The summed E-state index contributed by atoms with van der Waals surface area (Å²) in [6.07, 6.45) is 2.95. The molecule has 2 aliphatic rings. The molecule has 0 aliphatic carbocycles. The smallest absolute Gasteiger partial charge is 0.242 e. The quantitative estimate of drug-likeness (QED) is 0.785. The van der Waals surface area contributed by atoms with E-state index in [1.54, 1.807) is 4.90 Å². The standard InChI is InChI=1S/C18H22N4O4S/c19-12-14-5-3-6-15(11-14)27(25,26)20-16-7-4-10-22(18(16)24)13-17(23)21-8-1-2-9-21/h3,5-6,11,16,20H,1-2,4,7-10,13H2. The molecule has 2 fully saturated rings. The number of nitriles is 1. The molecule has 2 saturated heterocycles. The van der Waals surface area contributed by atoms with Crippen LogP contribution in [0.1, 0.15) is 31.2 Å². The van der Waals surface area contributed by atoms with Crippen LogP contribution in [-0.4, -0.2) is 62.3 Å². The molecule has 1 unspecified atom stereocenters. The van der Waals surface area contributed by atoms with Gasteiger partial charge in [-0.05, 0) is 43.9 Å². The average molecular weight is 390 g/mol. The summed E-state index contributed by atoms with van der Waals surface area (Å²) < 4.78 is 27.6. The Bertz CT molecular complexity index is 872. The van der Waals surface area contributed by atoms with Gasteiger partial charge in [0, 0.05) is 19.6 Å². The Labute approximate surface area is 158 Å². The lowest BCUT2D eigenvalue weighted by Crippen LogP contribution is -2.54. The number of carbonyl (C=O) groups excluding carboxylic acids is 2. The topological polar surface area (TPSA) is 111 Å². The summed E-state index contributed by atoms with van der Waals surface area (Å²) >= 11 is 0. The van der Waals surface area contributed by atoms with E-state index in [1.165, 1.54) is 29.2 Å². The molecule has 2 heterocycles. The van der Waals surface area contributed by atoms with Crippen LogP contribution in [0.5, 0.6) is 0 Å². The second-order valence-corrected chi connectivity index (χ2v) is 8.52. The van der Waals surface area contributed by atoms with E-state index in [0.29, 0.717) is 32.5 Å². The zero-order valence-electron chi connectivity index (χ0n) is 14.9. The lowest BCUT2D eigenvalue weighted by Gasteiger charge is -2.33. The molecule has 0 radical (unpaired) electrons. The fourth-order valence-corrected chi connectivity index (χ4v) is 4.69. The van der Waals surface area contributed by atoms with Gasteiger partial charge in [0.1, 0.15) is 6.04 Å². The molecule has 1 aromatic carbocycles. The third kappa shape index (κ3) is 4.46. The normalized spacial score (nSPS) is 20.6. The summed E-state index contributed by atoms with van der Waals surface area (Å²) in [5.41, 5.74) is 0.227. The monoisotopic (exact) mass is 390 g/mol. The highest BCUT2D eigenvalue weighted by Gasteiger charge is 2.34. The van der Waals surface area contributed by atoms with Crippen LogP contribution < -0.4 is 4.72 Å². The van der Waals surface area contributed by atoms with Crippen LogP contribution in [0.25, 0.3) is 0 Å². The van der Waals surface area contributed by atoms with Gasteiger partial charge in [-0.3, -0.25) is 9.59 Å². The number of rotatable bonds is 5. The van der Waals surface area contributed by atoms with Crippen LogP contribution in [0.2, 0.25) is 0 Å². The third-order valence-corrected chi connectivity index (χ3v) is 6.36. The van der Waals surface area contributed by atoms with Gasteiger partial charge in [-0.15, -0.1) is 0 Å². The van der Waals surface area contributed by atoms with Crippen LogP contribution in [0, 0.1) is 11.3 Å². The van der Waals surface area contributed by atoms with Crippen molar-refractivity contribution in [3.8, 4) is 6.07 Å². The van der Waals surface area contributed by atoms with Crippen LogP contribution in [0.4, 0.5) is 0 Å². The van der Waals surface area contributed by atoms with Crippen molar-refractivity contribution in [1.29, 1.82) is 5.26 Å². The molecule has 0 aromatic heterocycles. The van der Waals surface area contributed by atoms with Crippen molar-refractivity contribution in [2.24, 2.45) is 0 Å². The highest BCUT2D eigenvalue weighted by molar-refractivity contribution is 7.89. The zero-order chi connectivity index (χ0) is 19.4. The molecule has 0 spiro atoms. The molecule has 9 heteroatoms. The van der Waals surface area contributed by atoms with Gasteiger partial charge in [0.2, 0.25) is 21.8 Å². The second kappa shape index (κ2) is 8.06. The van der Waals surface area contributed by atoms with Gasteiger partial charge in [-0.25, -0.2) is 8.42 Å². The first-order chi connectivity index (χ1) is 12.9. The largest absolute Gasteiger partial charge is 0.341 e. The second-order valence-electron chi connectivity index (χ2n) is 6.80. The number of benzene rings is 1. The summed E-state index contributed by atoms with van der Waals surface area (Å²) in [6.45, 7) is 1.86. The van der Waals surface area contributed by atoms with Gasteiger partial charge in [0.15, 0.2) is 0 Å². The van der Waals surface area contributed by atoms with Crippen LogP contribution in [-0.2, 0) is 19.6 Å². The van der Waals surface area contributed by atoms with Crippen molar-refractivity contribution in [2.45, 2.75) is 36.6 Å². The van der Waals surface area contributed by atoms with Gasteiger partial charge < -0.3 is 9.80 Å². The van der Waals surface area contributed by atoms with Crippen molar-refractivity contribution >= 4 is 21.8 Å². The van der Waals surface area contributed by atoms with E-state index >= 15 is 0 Å². The van der Waals surface area contributed by atoms with Gasteiger partial charge in [0.25, 0.3) is 0 Å². The van der Waals surface area contributed by atoms with Gasteiger partial charge in [-0.2, -0.15) is 9.98 Å². The summed E-state index contributed by atoms with van der Waals surface area (Å²) in [6, 6.07) is 6.64. The minimum atomic E-state index is -3.94. The first kappa shape index (κ1) is 19.3. The van der Waals surface area contributed by atoms with Crippen molar-refractivity contribution < 1.29 is 18.0 Å². The van der Waals surface area contributed by atoms with Crippen molar-refractivity contribution in [2.75, 3.05) is 26.2 Å². The molecule has 2 amide bonds. The van der Waals surface area contributed by atoms with E-state index in [1.807, 2.05) is 6.07 Å². The first-order valence-electron chi connectivity index (χ1n) is 9.00. The average Bonchev–Trinajstić information content (AvgIpc) is 3.20. The number of hydrogen-bond donors (Lipinski definition) is 1. The van der Waals surface area contributed by atoms with E-state index in [0.717, 1.165) is 12.8 Å². The SMILES string of the molecule is N#Cc1cccc(S(=O)(=O)NC2CCCN(CC(=O)N3CCCC3)C2=O)c1. The molecule has 8 nitrogen and oxygen atoms in total. The lowest BCUT2D eigenvalue weighted by molar-refractivity contribution is -0.142. The first-order valence-corrected chi connectivity index (χ1v) is 10.5. The molecule has 144 valence electrons. The van der Waals surface area contributed by atoms with Crippen LogP contribution >= 0.6 is 0 Å². The van der Waals surface area contributed by atoms with Gasteiger partial charge in [-0.1, -0.05) is 6.07 Å². The maximum absolute atomic E-state index is 12.7. The van der Waals surface area contributed by atoms with Crippen LogP contribution in [0.15, 0.2) is 29.2 Å². The minimum Gasteiger partial charge on any atom is -0.341 e. The zero-order valence-corrected chi connectivity index (χ0v) is 15.7. The van der Waals surface area contributed by atoms with Crippen molar-refractivity contribution in [3.05, 3.63) is 29.8 Å². The Balaban J connectivity index is 1.68. The Hall–Kier alpha value is -2.44. The van der Waals surface area contributed by atoms with Gasteiger partial charge in [0.05, 0.1) is 23.1 Å². The number of nitrogens with one attached hydrogen (secondary N) is 1. The molecule has 3 rings (SSSR count). The molecule has 0 saturated carbocycles. The third-order valence-electron chi connectivity index (χ3n) is 4.89. The maximum Gasteiger partial charge on any atom is 0.242 e. The molecule has 1 N–H and O–H groups in total. The fourth-order valence-electron chi connectivity index (χ4n) is 3.42. The molecule has 0 bridgehead atoms. The summed E-state index contributed by atoms with van der Waals surface area (Å²) in [5.74, 6) is -0.472. The summed E-state index contributed by atoms with van der Waals surface area (Å²) in [7, 11) is -3.94. The Morgan fingerprint density at radius 2 is 1.96 bits per heavy atom. The maximum atomic E-state index is 12.7. The predicted octanol–water partition coefficient (Wildman–Crippen LogP) is 0.450. The van der Waals surface area contributed by atoms with Crippen LogP contribution in [0.3, 0.4) is 0 Å². The Morgan fingerprint density at radius 3 is 2.67 bits per heavy atom. The highest BCUT2D eigenvalue weighted by Crippen LogP contribution is 2.17. The number of likely N-dealkylation sites (tertiary alicyclic amines) is 2. The van der Waals surface area contributed by atoms with E-state index in [2.05, 4.69) is 4.72 Å². The van der Waals surface area contributed by atoms with Gasteiger partial charge >= 0.3 is 0 Å². The Kier molecular flexibility index (Phi) is 5.77. The molecular formula is C18H22N4O4S. The molecular weight excluding hydrogens is 368 g/mol. The molecule has 1 atom stereocenters. The van der Waals surface area contributed by atoms with E-state index < -0.39 is 16.1 Å². The number of hydrogen-bond acceptors (Lipinski definition) is 5. The van der Waals surface area contributed by atoms with Crippen molar-refractivity contribution in [1.82, 2.24) is 14.5 Å². The number of nitrogens with zero attached hydrogens (tertiary/aromatic N) is 3. The number of amides is 2. The molecule has 2 aliphatic heterocycles.